The van der Waals surface area contributed by atoms with Crippen LogP contribution >= 0.6 is 0 Å². The van der Waals surface area contributed by atoms with Crippen LogP contribution in [-0.4, -0.2) is 16.9 Å². The molecule has 0 fully saturated rings. The molecular formula is C14H19N3O. The van der Waals surface area contributed by atoms with Crippen LogP contribution in [0.15, 0.2) is 30.3 Å². The van der Waals surface area contributed by atoms with Crippen molar-refractivity contribution in [1.29, 1.82) is 0 Å². The minimum absolute atomic E-state index is 0.519. The molecule has 4 nitrogen and oxygen atoms in total. The van der Waals surface area contributed by atoms with Gasteiger partial charge >= 0.3 is 0 Å². The molecule has 2 N–H and O–H groups in total. The SMILES string of the molecule is COc1cccc(-c2cc(N)n(CC(C)C)n2)c1. The molecule has 1 heterocycles. The maximum absolute atomic E-state index is 5.97. The molecule has 2 rings (SSSR count). The van der Waals surface area contributed by atoms with Crippen molar-refractivity contribution in [3.8, 4) is 17.0 Å². The summed E-state index contributed by atoms with van der Waals surface area (Å²) in [6.45, 7) is 5.12. The van der Waals surface area contributed by atoms with Gasteiger partial charge in [0.15, 0.2) is 0 Å². The van der Waals surface area contributed by atoms with E-state index in [2.05, 4.69) is 18.9 Å². The van der Waals surface area contributed by atoms with Gasteiger partial charge in [-0.25, -0.2) is 4.68 Å². The summed E-state index contributed by atoms with van der Waals surface area (Å²) in [4.78, 5) is 0. The normalized spacial score (nSPS) is 10.9. The van der Waals surface area contributed by atoms with Crippen molar-refractivity contribution in [3.63, 3.8) is 0 Å². The Balaban J connectivity index is 2.33. The maximum Gasteiger partial charge on any atom is 0.122 e. The lowest BCUT2D eigenvalue weighted by molar-refractivity contribution is 0.415. The number of rotatable bonds is 4. The number of hydrogen-bond acceptors (Lipinski definition) is 3. The van der Waals surface area contributed by atoms with Crippen LogP contribution in [0.3, 0.4) is 0 Å². The van der Waals surface area contributed by atoms with Crippen LogP contribution in [0.1, 0.15) is 13.8 Å². The molecule has 4 heteroatoms. The van der Waals surface area contributed by atoms with E-state index >= 15 is 0 Å². The summed E-state index contributed by atoms with van der Waals surface area (Å²) < 4.78 is 7.06. The Morgan fingerprint density at radius 3 is 2.78 bits per heavy atom. The van der Waals surface area contributed by atoms with Crippen LogP contribution in [0, 0.1) is 5.92 Å². The molecule has 0 unspecified atom stereocenters. The first-order valence-electron chi connectivity index (χ1n) is 6.08. The average Bonchev–Trinajstić information content (AvgIpc) is 2.70. The zero-order valence-corrected chi connectivity index (χ0v) is 11.1. The van der Waals surface area contributed by atoms with Crippen molar-refractivity contribution in [2.24, 2.45) is 5.92 Å². The van der Waals surface area contributed by atoms with Crippen LogP contribution in [-0.2, 0) is 6.54 Å². The molecule has 18 heavy (non-hydrogen) atoms. The van der Waals surface area contributed by atoms with E-state index in [1.807, 2.05) is 35.0 Å². The second-order valence-corrected chi connectivity index (χ2v) is 4.76. The Morgan fingerprint density at radius 2 is 2.11 bits per heavy atom. The quantitative estimate of drug-likeness (QED) is 0.901. The lowest BCUT2D eigenvalue weighted by Gasteiger charge is -2.06. The van der Waals surface area contributed by atoms with Crippen LogP contribution in [0.2, 0.25) is 0 Å². The third-order valence-corrected chi connectivity index (χ3v) is 2.71. The molecule has 0 saturated heterocycles. The fourth-order valence-corrected chi connectivity index (χ4v) is 1.85. The van der Waals surface area contributed by atoms with Gasteiger partial charge in [0, 0.05) is 18.2 Å². The van der Waals surface area contributed by atoms with E-state index in [9.17, 15) is 0 Å². The third-order valence-electron chi connectivity index (χ3n) is 2.71. The number of nitrogens with zero attached hydrogens (tertiary/aromatic N) is 2. The first-order valence-corrected chi connectivity index (χ1v) is 6.08. The largest absolute Gasteiger partial charge is 0.497 e. The minimum Gasteiger partial charge on any atom is -0.497 e. The molecule has 0 atom stereocenters. The minimum atomic E-state index is 0.519. The number of aromatic nitrogens is 2. The van der Waals surface area contributed by atoms with Gasteiger partial charge in [-0.05, 0) is 18.1 Å². The van der Waals surface area contributed by atoms with Gasteiger partial charge in [0.2, 0.25) is 0 Å². The Hall–Kier alpha value is -1.97. The van der Waals surface area contributed by atoms with Gasteiger partial charge in [0.05, 0.1) is 12.8 Å². The fourth-order valence-electron chi connectivity index (χ4n) is 1.85. The lowest BCUT2D eigenvalue weighted by Crippen LogP contribution is -2.09. The second kappa shape index (κ2) is 5.12. The van der Waals surface area contributed by atoms with Crippen molar-refractivity contribution in [1.82, 2.24) is 9.78 Å². The van der Waals surface area contributed by atoms with Crippen molar-refractivity contribution in [3.05, 3.63) is 30.3 Å². The molecule has 0 aliphatic rings. The number of nitrogens with two attached hydrogens (primary N) is 1. The van der Waals surface area contributed by atoms with Crippen molar-refractivity contribution in [2.75, 3.05) is 12.8 Å². The number of nitrogen functional groups attached to an aromatic ring is 1. The first kappa shape index (κ1) is 12.5. The molecule has 0 bridgehead atoms. The van der Waals surface area contributed by atoms with Gasteiger partial charge in [-0.2, -0.15) is 5.10 Å². The molecule has 0 spiro atoms. The van der Waals surface area contributed by atoms with E-state index in [1.54, 1.807) is 7.11 Å². The summed E-state index contributed by atoms with van der Waals surface area (Å²) in [7, 11) is 1.66. The summed E-state index contributed by atoms with van der Waals surface area (Å²) in [6, 6.07) is 9.73. The van der Waals surface area contributed by atoms with Crippen LogP contribution in [0.5, 0.6) is 5.75 Å². The predicted octanol–water partition coefficient (Wildman–Crippen LogP) is 2.80. The average molecular weight is 245 g/mol. The third kappa shape index (κ3) is 2.64. The summed E-state index contributed by atoms with van der Waals surface area (Å²) >= 11 is 0. The highest BCUT2D eigenvalue weighted by molar-refractivity contribution is 5.63. The topological polar surface area (TPSA) is 53.1 Å². The summed E-state index contributed by atoms with van der Waals surface area (Å²) in [5, 5.41) is 4.53. The van der Waals surface area contributed by atoms with E-state index in [0.717, 1.165) is 23.6 Å². The Bertz CT molecular complexity index is 532. The number of hydrogen-bond donors (Lipinski definition) is 1. The molecule has 2 aromatic rings. The maximum atomic E-state index is 5.97. The number of anilines is 1. The van der Waals surface area contributed by atoms with E-state index in [-0.39, 0.29) is 0 Å². The smallest absolute Gasteiger partial charge is 0.122 e. The summed E-state index contributed by atoms with van der Waals surface area (Å²) in [5.41, 5.74) is 7.87. The van der Waals surface area contributed by atoms with Gasteiger partial charge in [-0.1, -0.05) is 26.0 Å². The zero-order valence-electron chi connectivity index (χ0n) is 11.1. The molecule has 0 saturated carbocycles. The Labute approximate surface area is 107 Å². The van der Waals surface area contributed by atoms with Crippen LogP contribution in [0.25, 0.3) is 11.3 Å². The highest BCUT2D eigenvalue weighted by atomic mass is 16.5. The monoisotopic (exact) mass is 245 g/mol. The van der Waals surface area contributed by atoms with Crippen LogP contribution < -0.4 is 10.5 Å². The van der Waals surface area contributed by atoms with E-state index in [1.165, 1.54) is 0 Å². The van der Waals surface area contributed by atoms with Gasteiger partial charge in [0.1, 0.15) is 11.6 Å². The molecule has 96 valence electrons. The second-order valence-electron chi connectivity index (χ2n) is 4.76. The Kier molecular flexibility index (Phi) is 3.55. The molecule has 0 amide bonds. The summed E-state index contributed by atoms with van der Waals surface area (Å²) in [6.07, 6.45) is 0. The predicted molar refractivity (Wildman–Crippen MR) is 73.5 cm³/mol. The van der Waals surface area contributed by atoms with Crippen molar-refractivity contribution in [2.45, 2.75) is 20.4 Å². The number of benzene rings is 1. The zero-order chi connectivity index (χ0) is 13.1. The molecule has 0 aliphatic heterocycles. The van der Waals surface area contributed by atoms with Gasteiger partial charge in [-0.3, -0.25) is 0 Å². The van der Waals surface area contributed by atoms with Gasteiger partial charge < -0.3 is 10.5 Å². The lowest BCUT2D eigenvalue weighted by atomic mass is 10.1. The highest BCUT2D eigenvalue weighted by Gasteiger charge is 2.08. The van der Waals surface area contributed by atoms with Gasteiger partial charge in [0.25, 0.3) is 0 Å². The van der Waals surface area contributed by atoms with Crippen molar-refractivity contribution >= 4 is 5.82 Å². The molecular weight excluding hydrogens is 226 g/mol. The van der Waals surface area contributed by atoms with E-state index < -0.39 is 0 Å². The molecule has 0 aliphatic carbocycles. The first-order chi connectivity index (χ1) is 8.60. The van der Waals surface area contributed by atoms with Gasteiger partial charge in [-0.15, -0.1) is 0 Å². The fraction of sp³-hybridized carbons (Fsp3) is 0.357. The summed E-state index contributed by atoms with van der Waals surface area (Å²) in [5.74, 6) is 2.04. The van der Waals surface area contributed by atoms with E-state index in [4.69, 9.17) is 10.5 Å². The Morgan fingerprint density at radius 1 is 1.33 bits per heavy atom. The highest BCUT2D eigenvalue weighted by Crippen LogP contribution is 2.24. The number of ether oxygens (including phenoxy) is 1. The molecule has 0 radical (unpaired) electrons. The van der Waals surface area contributed by atoms with Crippen molar-refractivity contribution < 1.29 is 4.74 Å². The van der Waals surface area contributed by atoms with Crippen LogP contribution in [0.4, 0.5) is 5.82 Å². The number of methoxy groups -OCH3 is 1. The standard InChI is InChI=1S/C14H19N3O/c1-10(2)9-17-14(15)8-13(16-17)11-5-4-6-12(7-11)18-3/h4-8,10H,9,15H2,1-3H3. The van der Waals surface area contributed by atoms with E-state index in [0.29, 0.717) is 11.7 Å². The molecule has 1 aromatic heterocycles. The molecule has 1 aromatic carbocycles.